The summed E-state index contributed by atoms with van der Waals surface area (Å²) in [5.41, 5.74) is 3.20. The van der Waals surface area contributed by atoms with Crippen LogP contribution in [0.4, 0.5) is 0 Å². The van der Waals surface area contributed by atoms with E-state index in [2.05, 4.69) is 51.1 Å². The molecule has 4 heteroatoms. The van der Waals surface area contributed by atoms with Gasteiger partial charge in [-0.1, -0.05) is 52.3 Å². The molecule has 0 bridgehead atoms. The van der Waals surface area contributed by atoms with Crippen LogP contribution in [0.3, 0.4) is 0 Å². The molecule has 1 heterocycles. The van der Waals surface area contributed by atoms with Gasteiger partial charge < -0.3 is 4.42 Å². The van der Waals surface area contributed by atoms with Crippen molar-refractivity contribution in [3.8, 4) is 11.5 Å². The van der Waals surface area contributed by atoms with E-state index in [1.165, 1.54) is 5.56 Å². The maximum Gasteiger partial charge on any atom is 0.226 e. The van der Waals surface area contributed by atoms with Crippen molar-refractivity contribution in [2.24, 2.45) is 0 Å². The molecule has 112 valence electrons. The van der Waals surface area contributed by atoms with Gasteiger partial charge in [-0.3, -0.25) is 4.90 Å². The van der Waals surface area contributed by atoms with Crippen LogP contribution in [-0.4, -0.2) is 16.9 Å². The van der Waals surface area contributed by atoms with E-state index in [1.807, 2.05) is 36.4 Å². The minimum Gasteiger partial charge on any atom is -0.444 e. The molecule has 3 rings (SSSR count). The summed E-state index contributed by atoms with van der Waals surface area (Å²) in [5.74, 6) is 0.671. The molecule has 0 unspecified atom stereocenters. The second kappa shape index (κ2) is 6.90. The highest BCUT2D eigenvalue weighted by atomic mass is 79.9. The Kier molecular flexibility index (Phi) is 4.71. The number of rotatable bonds is 5. The summed E-state index contributed by atoms with van der Waals surface area (Å²) < 4.78 is 6.71. The predicted octanol–water partition coefficient (Wildman–Crippen LogP) is 4.74. The normalized spacial score (nSPS) is 11.0. The molecule has 0 spiro atoms. The van der Waals surface area contributed by atoms with Gasteiger partial charge in [-0.2, -0.15) is 0 Å². The predicted molar refractivity (Wildman–Crippen MR) is 91.3 cm³/mol. The summed E-state index contributed by atoms with van der Waals surface area (Å²) in [6.07, 6.45) is 1.73. The molecular weight excluding hydrogens is 340 g/mol. The van der Waals surface area contributed by atoms with Crippen molar-refractivity contribution >= 4 is 15.9 Å². The Bertz CT molecular complexity index is 740. The van der Waals surface area contributed by atoms with Gasteiger partial charge in [0.25, 0.3) is 0 Å². The summed E-state index contributed by atoms with van der Waals surface area (Å²) in [7, 11) is 2.08. The van der Waals surface area contributed by atoms with Gasteiger partial charge in [0, 0.05) is 23.1 Å². The summed E-state index contributed by atoms with van der Waals surface area (Å²) in [5, 5.41) is 0. The molecule has 0 aliphatic heterocycles. The van der Waals surface area contributed by atoms with E-state index < -0.39 is 0 Å². The van der Waals surface area contributed by atoms with Crippen LogP contribution in [0.5, 0.6) is 0 Å². The second-order valence-corrected chi connectivity index (χ2v) is 6.13. The minimum atomic E-state index is 0.671. The van der Waals surface area contributed by atoms with Crippen molar-refractivity contribution in [1.82, 2.24) is 9.88 Å². The van der Waals surface area contributed by atoms with Gasteiger partial charge in [0.15, 0.2) is 0 Å². The Morgan fingerprint density at radius 1 is 1.00 bits per heavy atom. The van der Waals surface area contributed by atoms with Gasteiger partial charge in [-0.05, 0) is 30.8 Å². The fourth-order valence-electron chi connectivity index (χ4n) is 2.34. The number of aromatic nitrogens is 1. The summed E-state index contributed by atoms with van der Waals surface area (Å²) in [6.45, 7) is 1.60. The highest BCUT2D eigenvalue weighted by molar-refractivity contribution is 9.10. The average Bonchev–Trinajstić information content (AvgIpc) is 2.99. The Morgan fingerprint density at radius 2 is 1.73 bits per heavy atom. The lowest BCUT2D eigenvalue weighted by molar-refractivity contribution is 0.314. The first-order valence-electron chi connectivity index (χ1n) is 7.14. The molecule has 0 radical (unpaired) electrons. The highest BCUT2D eigenvalue weighted by Gasteiger charge is 2.09. The van der Waals surface area contributed by atoms with Gasteiger partial charge in [-0.15, -0.1) is 0 Å². The quantitative estimate of drug-likeness (QED) is 0.661. The van der Waals surface area contributed by atoms with E-state index in [4.69, 9.17) is 4.42 Å². The molecule has 3 nitrogen and oxygen atoms in total. The average molecular weight is 357 g/mol. The maximum absolute atomic E-state index is 5.58. The maximum atomic E-state index is 5.58. The SMILES string of the molecule is CN(Cc1coc(-c2ccccc2)n1)Cc1ccccc1Br. The zero-order chi connectivity index (χ0) is 15.4. The summed E-state index contributed by atoms with van der Waals surface area (Å²) in [6, 6.07) is 18.2. The molecule has 0 N–H and O–H groups in total. The Balaban J connectivity index is 1.66. The van der Waals surface area contributed by atoms with Crippen LogP contribution < -0.4 is 0 Å². The van der Waals surface area contributed by atoms with Crippen LogP contribution >= 0.6 is 15.9 Å². The molecule has 0 fully saturated rings. The molecule has 0 aliphatic carbocycles. The van der Waals surface area contributed by atoms with Gasteiger partial charge in [0.2, 0.25) is 5.89 Å². The van der Waals surface area contributed by atoms with Crippen molar-refractivity contribution in [1.29, 1.82) is 0 Å². The van der Waals surface area contributed by atoms with Crippen LogP contribution in [-0.2, 0) is 13.1 Å². The first kappa shape index (κ1) is 15.0. The smallest absolute Gasteiger partial charge is 0.226 e. The number of halogens is 1. The third kappa shape index (κ3) is 3.64. The topological polar surface area (TPSA) is 29.3 Å². The zero-order valence-corrected chi connectivity index (χ0v) is 14.0. The standard InChI is InChI=1S/C18H17BrN2O/c1-21(11-15-9-5-6-10-17(15)19)12-16-13-22-18(20-16)14-7-3-2-4-8-14/h2-10,13H,11-12H2,1H3. The number of benzene rings is 2. The lowest BCUT2D eigenvalue weighted by atomic mass is 10.2. The highest BCUT2D eigenvalue weighted by Crippen LogP contribution is 2.20. The van der Waals surface area contributed by atoms with E-state index in [-0.39, 0.29) is 0 Å². The molecule has 0 atom stereocenters. The van der Waals surface area contributed by atoms with Crippen LogP contribution in [0.1, 0.15) is 11.3 Å². The fourth-order valence-corrected chi connectivity index (χ4v) is 2.75. The molecule has 0 saturated carbocycles. The van der Waals surface area contributed by atoms with Gasteiger partial charge in [-0.25, -0.2) is 4.98 Å². The van der Waals surface area contributed by atoms with Crippen molar-refractivity contribution in [3.63, 3.8) is 0 Å². The minimum absolute atomic E-state index is 0.671. The van der Waals surface area contributed by atoms with Crippen molar-refractivity contribution in [2.75, 3.05) is 7.05 Å². The summed E-state index contributed by atoms with van der Waals surface area (Å²) in [4.78, 5) is 6.78. The van der Waals surface area contributed by atoms with E-state index in [0.717, 1.165) is 28.8 Å². The molecule has 22 heavy (non-hydrogen) atoms. The van der Waals surface area contributed by atoms with Crippen LogP contribution in [0.25, 0.3) is 11.5 Å². The number of hydrogen-bond acceptors (Lipinski definition) is 3. The molecule has 3 aromatic rings. The molecule has 0 saturated heterocycles. The van der Waals surface area contributed by atoms with E-state index in [1.54, 1.807) is 6.26 Å². The van der Waals surface area contributed by atoms with E-state index in [9.17, 15) is 0 Å². The van der Waals surface area contributed by atoms with Crippen LogP contribution in [0.15, 0.2) is 69.8 Å². The Labute approximate surface area is 138 Å². The van der Waals surface area contributed by atoms with Crippen LogP contribution in [0.2, 0.25) is 0 Å². The molecule has 1 aromatic heterocycles. The summed E-state index contributed by atoms with van der Waals surface area (Å²) >= 11 is 3.58. The molecule has 2 aromatic carbocycles. The number of nitrogens with zero attached hydrogens (tertiary/aromatic N) is 2. The largest absolute Gasteiger partial charge is 0.444 e. The zero-order valence-electron chi connectivity index (χ0n) is 12.4. The lowest BCUT2D eigenvalue weighted by Gasteiger charge is -2.15. The molecule has 0 aliphatic rings. The molecular formula is C18H17BrN2O. The second-order valence-electron chi connectivity index (χ2n) is 5.27. The number of oxazole rings is 1. The third-order valence-electron chi connectivity index (χ3n) is 3.40. The number of hydrogen-bond donors (Lipinski definition) is 0. The Hall–Kier alpha value is -1.91. The van der Waals surface area contributed by atoms with Gasteiger partial charge in [0.05, 0.1) is 5.69 Å². The van der Waals surface area contributed by atoms with E-state index in [0.29, 0.717) is 5.89 Å². The van der Waals surface area contributed by atoms with Crippen molar-refractivity contribution in [2.45, 2.75) is 13.1 Å². The lowest BCUT2D eigenvalue weighted by Crippen LogP contribution is -2.17. The first-order chi connectivity index (χ1) is 10.7. The van der Waals surface area contributed by atoms with Crippen molar-refractivity contribution < 1.29 is 4.42 Å². The molecule has 0 amide bonds. The van der Waals surface area contributed by atoms with Crippen molar-refractivity contribution in [3.05, 3.63) is 76.6 Å². The monoisotopic (exact) mass is 356 g/mol. The Morgan fingerprint density at radius 3 is 2.50 bits per heavy atom. The van der Waals surface area contributed by atoms with Gasteiger partial charge in [0.1, 0.15) is 6.26 Å². The first-order valence-corrected chi connectivity index (χ1v) is 7.93. The fraction of sp³-hybridized carbons (Fsp3) is 0.167. The van der Waals surface area contributed by atoms with E-state index >= 15 is 0 Å². The third-order valence-corrected chi connectivity index (χ3v) is 4.18. The van der Waals surface area contributed by atoms with Crippen LogP contribution in [0, 0.1) is 0 Å². The van der Waals surface area contributed by atoms with Gasteiger partial charge >= 0.3 is 0 Å².